The molecule has 0 aliphatic carbocycles. The second kappa shape index (κ2) is 6.18. The lowest BCUT2D eigenvalue weighted by Crippen LogP contribution is -2.40. The van der Waals surface area contributed by atoms with Crippen molar-refractivity contribution in [3.05, 3.63) is 0 Å². The summed E-state index contributed by atoms with van der Waals surface area (Å²) in [5, 5.41) is 2.81. The number of likely N-dealkylation sites (N-methyl/N-ethyl adjacent to an activating group) is 1. The van der Waals surface area contributed by atoms with E-state index in [0.717, 1.165) is 19.4 Å². The molecule has 5 heteroatoms. The molecule has 18 heavy (non-hydrogen) atoms. The molecule has 5 nitrogen and oxygen atoms in total. The highest BCUT2D eigenvalue weighted by atomic mass is 16.2. The van der Waals surface area contributed by atoms with Gasteiger partial charge in [0.25, 0.3) is 0 Å². The topological polar surface area (TPSA) is 75.4 Å². The molecule has 0 bridgehead atoms. The van der Waals surface area contributed by atoms with Crippen LogP contribution in [0, 0.1) is 5.41 Å². The molecule has 1 saturated heterocycles. The minimum Gasteiger partial charge on any atom is -0.344 e. The largest absolute Gasteiger partial charge is 0.344 e. The molecule has 104 valence electrons. The Morgan fingerprint density at radius 1 is 1.50 bits per heavy atom. The van der Waals surface area contributed by atoms with Crippen LogP contribution in [0.4, 0.5) is 0 Å². The first-order valence-electron chi connectivity index (χ1n) is 6.60. The Morgan fingerprint density at radius 3 is 2.67 bits per heavy atom. The van der Waals surface area contributed by atoms with Crippen LogP contribution in [0.3, 0.4) is 0 Å². The van der Waals surface area contributed by atoms with E-state index >= 15 is 0 Å². The fraction of sp³-hybridized carbons (Fsp3) is 0.846. The van der Waals surface area contributed by atoms with Gasteiger partial charge in [-0.15, -0.1) is 0 Å². The minimum absolute atomic E-state index is 0.0181. The summed E-state index contributed by atoms with van der Waals surface area (Å²) < 4.78 is 0. The molecule has 0 aromatic heterocycles. The molecule has 0 saturated carbocycles. The van der Waals surface area contributed by atoms with Gasteiger partial charge in [-0.05, 0) is 31.2 Å². The summed E-state index contributed by atoms with van der Waals surface area (Å²) in [6.45, 7) is 5.59. The molecular formula is C13H25N3O2. The van der Waals surface area contributed by atoms with Crippen LogP contribution in [0.25, 0.3) is 0 Å². The van der Waals surface area contributed by atoms with Crippen molar-refractivity contribution in [1.29, 1.82) is 0 Å². The van der Waals surface area contributed by atoms with Crippen molar-refractivity contribution in [3.8, 4) is 0 Å². The van der Waals surface area contributed by atoms with Crippen molar-refractivity contribution < 1.29 is 9.59 Å². The SMILES string of the molecule is CN1CCC(NC(=O)CCC(C)(C)CCN)C1=O. The van der Waals surface area contributed by atoms with Crippen molar-refractivity contribution in [3.63, 3.8) is 0 Å². The molecule has 1 rings (SSSR count). The lowest BCUT2D eigenvalue weighted by Gasteiger charge is -2.23. The van der Waals surface area contributed by atoms with Crippen LogP contribution in [0.1, 0.15) is 39.5 Å². The van der Waals surface area contributed by atoms with Crippen LogP contribution in [0.5, 0.6) is 0 Å². The number of carbonyl (C=O) groups is 2. The Labute approximate surface area is 109 Å². The first-order valence-corrected chi connectivity index (χ1v) is 6.60. The quantitative estimate of drug-likeness (QED) is 0.725. The summed E-state index contributed by atoms with van der Waals surface area (Å²) in [4.78, 5) is 25.1. The molecule has 1 heterocycles. The monoisotopic (exact) mass is 255 g/mol. The normalized spacial score (nSPS) is 20.3. The summed E-state index contributed by atoms with van der Waals surface area (Å²) >= 11 is 0. The summed E-state index contributed by atoms with van der Waals surface area (Å²) in [6, 6.07) is -0.319. The van der Waals surface area contributed by atoms with Crippen LogP contribution in [0.15, 0.2) is 0 Å². The van der Waals surface area contributed by atoms with Gasteiger partial charge in [-0.25, -0.2) is 0 Å². The number of hydrogen-bond acceptors (Lipinski definition) is 3. The third kappa shape index (κ3) is 4.29. The van der Waals surface area contributed by atoms with Gasteiger partial charge in [-0.1, -0.05) is 13.8 Å². The lowest BCUT2D eigenvalue weighted by atomic mass is 9.84. The maximum absolute atomic E-state index is 11.8. The molecule has 1 atom stereocenters. The predicted molar refractivity (Wildman–Crippen MR) is 70.9 cm³/mol. The maximum Gasteiger partial charge on any atom is 0.244 e. The zero-order chi connectivity index (χ0) is 13.8. The van der Waals surface area contributed by atoms with Crippen LogP contribution >= 0.6 is 0 Å². The molecule has 1 aliphatic rings. The number of likely N-dealkylation sites (tertiary alicyclic amines) is 1. The summed E-state index contributed by atoms with van der Waals surface area (Å²) in [7, 11) is 1.76. The smallest absolute Gasteiger partial charge is 0.244 e. The molecule has 1 fully saturated rings. The van der Waals surface area contributed by atoms with E-state index in [2.05, 4.69) is 19.2 Å². The molecule has 2 amide bonds. The number of nitrogens with zero attached hydrogens (tertiary/aromatic N) is 1. The molecular weight excluding hydrogens is 230 g/mol. The number of amides is 2. The fourth-order valence-electron chi connectivity index (χ4n) is 2.19. The summed E-state index contributed by atoms with van der Waals surface area (Å²) in [6.07, 6.45) is 2.88. The molecule has 0 aromatic rings. The third-order valence-electron chi connectivity index (χ3n) is 3.61. The molecule has 3 N–H and O–H groups in total. The molecule has 1 aliphatic heterocycles. The van der Waals surface area contributed by atoms with Crippen molar-refractivity contribution in [2.45, 2.75) is 45.6 Å². The fourth-order valence-corrected chi connectivity index (χ4v) is 2.19. The van der Waals surface area contributed by atoms with Gasteiger partial charge in [0.2, 0.25) is 11.8 Å². The first-order chi connectivity index (χ1) is 8.35. The highest BCUT2D eigenvalue weighted by molar-refractivity contribution is 5.88. The average Bonchev–Trinajstić information content (AvgIpc) is 2.59. The minimum atomic E-state index is -0.319. The molecule has 0 radical (unpaired) electrons. The van der Waals surface area contributed by atoms with E-state index in [-0.39, 0.29) is 23.3 Å². The van der Waals surface area contributed by atoms with Gasteiger partial charge in [-0.2, -0.15) is 0 Å². The van der Waals surface area contributed by atoms with Gasteiger partial charge in [0.15, 0.2) is 0 Å². The molecule has 0 aromatic carbocycles. The highest BCUT2D eigenvalue weighted by Gasteiger charge is 2.30. The highest BCUT2D eigenvalue weighted by Crippen LogP contribution is 2.25. The van der Waals surface area contributed by atoms with Gasteiger partial charge >= 0.3 is 0 Å². The Bertz CT molecular complexity index is 315. The summed E-state index contributed by atoms with van der Waals surface area (Å²) in [5.74, 6) is -0.0154. The average molecular weight is 255 g/mol. The van der Waals surface area contributed by atoms with Crippen molar-refractivity contribution >= 4 is 11.8 Å². The van der Waals surface area contributed by atoms with E-state index < -0.39 is 0 Å². The zero-order valence-electron chi connectivity index (χ0n) is 11.7. The molecule has 0 spiro atoms. The van der Waals surface area contributed by atoms with Crippen LogP contribution in [0.2, 0.25) is 0 Å². The van der Waals surface area contributed by atoms with Gasteiger partial charge in [0.05, 0.1) is 0 Å². The van der Waals surface area contributed by atoms with Crippen molar-refractivity contribution in [2.75, 3.05) is 20.1 Å². The number of rotatable bonds is 6. The third-order valence-corrected chi connectivity index (χ3v) is 3.61. The Morgan fingerprint density at radius 2 is 2.17 bits per heavy atom. The lowest BCUT2D eigenvalue weighted by molar-refractivity contribution is -0.132. The van der Waals surface area contributed by atoms with Gasteiger partial charge in [-0.3, -0.25) is 9.59 Å². The number of nitrogens with two attached hydrogens (primary N) is 1. The van der Waals surface area contributed by atoms with E-state index in [1.54, 1.807) is 11.9 Å². The Kier molecular flexibility index (Phi) is 5.14. The van der Waals surface area contributed by atoms with Crippen molar-refractivity contribution in [1.82, 2.24) is 10.2 Å². The molecule has 1 unspecified atom stereocenters. The van der Waals surface area contributed by atoms with Crippen LogP contribution in [-0.2, 0) is 9.59 Å². The van der Waals surface area contributed by atoms with Gasteiger partial charge < -0.3 is 16.0 Å². The second-order valence-electron chi connectivity index (χ2n) is 5.87. The van der Waals surface area contributed by atoms with Crippen LogP contribution < -0.4 is 11.1 Å². The Balaban J connectivity index is 2.32. The van der Waals surface area contributed by atoms with E-state index in [4.69, 9.17) is 5.73 Å². The number of nitrogens with one attached hydrogen (secondary N) is 1. The van der Waals surface area contributed by atoms with E-state index in [9.17, 15) is 9.59 Å². The number of hydrogen-bond donors (Lipinski definition) is 2. The summed E-state index contributed by atoms with van der Waals surface area (Å²) in [5.41, 5.74) is 5.62. The second-order valence-corrected chi connectivity index (χ2v) is 5.87. The van der Waals surface area contributed by atoms with Crippen molar-refractivity contribution in [2.24, 2.45) is 11.1 Å². The van der Waals surface area contributed by atoms with Crippen LogP contribution in [-0.4, -0.2) is 42.9 Å². The standard InChI is InChI=1S/C13H25N3O2/c1-13(2,7-8-14)6-4-11(17)15-10-5-9-16(3)12(10)18/h10H,4-9,14H2,1-3H3,(H,15,17). The van der Waals surface area contributed by atoms with E-state index in [1.807, 2.05) is 0 Å². The Hall–Kier alpha value is -1.10. The van der Waals surface area contributed by atoms with E-state index in [0.29, 0.717) is 19.4 Å². The first kappa shape index (κ1) is 15.0. The van der Waals surface area contributed by atoms with Gasteiger partial charge in [0.1, 0.15) is 6.04 Å². The predicted octanol–water partition coefficient (Wildman–Crippen LogP) is 0.489. The number of carbonyl (C=O) groups excluding carboxylic acids is 2. The van der Waals surface area contributed by atoms with Gasteiger partial charge in [0, 0.05) is 20.0 Å². The van der Waals surface area contributed by atoms with E-state index in [1.165, 1.54) is 0 Å². The zero-order valence-corrected chi connectivity index (χ0v) is 11.7. The maximum atomic E-state index is 11.8.